The molecule has 1 saturated heterocycles. The largest absolute Gasteiger partial charge is 0.369 e. The quantitative estimate of drug-likeness (QED) is 0.389. The second kappa shape index (κ2) is 9.99. The first-order valence-electron chi connectivity index (χ1n) is 12.6. The van der Waals surface area contributed by atoms with Crippen LogP contribution in [0.25, 0.3) is 10.9 Å². The maximum Gasteiger partial charge on any atom is 0.253 e. The average molecular weight is 492 g/mol. The second-order valence-electron chi connectivity index (χ2n) is 9.59. The summed E-state index contributed by atoms with van der Waals surface area (Å²) in [5.41, 5.74) is 4.82. The van der Waals surface area contributed by atoms with Gasteiger partial charge in [0, 0.05) is 42.9 Å². The highest BCUT2D eigenvalue weighted by molar-refractivity contribution is 5.79. The van der Waals surface area contributed by atoms with Crippen molar-refractivity contribution in [3.05, 3.63) is 118 Å². The number of anilines is 1. The van der Waals surface area contributed by atoms with Crippen LogP contribution in [0.15, 0.2) is 89.7 Å². The predicted molar refractivity (Wildman–Crippen MR) is 145 cm³/mol. The minimum absolute atomic E-state index is 0.108. The van der Waals surface area contributed by atoms with E-state index in [2.05, 4.69) is 78.8 Å². The highest BCUT2D eigenvalue weighted by atomic mass is 16.1. The Morgan fingerprint density at radius 2 is 1.62 bits per heavy atom. The Bertz CT molecular complexity index is 1550. The number of pyridine rings is 1. The number of benzene rings is 3. The molecular formula is C29H29N7O. The summed E-state index contributed by atoms with van der Waals surface area (Å²) >= 11 is 0. The molecule has 6 rings (SSSR count). The van der Waals surface area contributed by atoms with Crippen LogP contribution in [-0.2, 0) is 6.54 Å². The van der Waals surface area contributed by atoms with Gasteiger partial charge in [-0.1, -0.05) is 60.7 Å². The minimum Gasteiger partial charge on any atom is -0.369 e. The highest BCUT2D eigenvalue weighted by Gasteiger charge is 2.32. The lowest BCUT2D eigenvalue weighted by Gasteiger charge is -2.39. The molecule has 1 aliphatic heterocycles. The third-order valence-electron chi connectivity index (χ3n) is 7.10. The average Bonchev–Trinajstić information content (AvgIpc) is 3.38. The van der Waals surface area contributed by atoms with Crippen LogP contribution in [0, 0.1) is 6.92 Å². The highest BCUT2D eigenvalue weighted by Crippen LogP contribution is 2.29. The normalized spacial score (nSPS) is 15.2. The molecule has 5 aromatic rings. The number of piperazine rings is 1. The van der Waals surface area contributed by atoms with Crippen molar-refractivity contribution in [2.75, 3.05) is 31.1 Å². The molecule has 0 spiro atoms. The summed E-state index contributed by atoms with van der Waals surface area (Å²) in [6, 6.07) is 28.4. The van der Waals surface area contributed by atoms with Crippen LogP contribution < -0.4 is 10.5 Å². The molecule has 1 aliphatic rings. The van der Waals surface area contributed by atoms with Crippen molar-refractivity contribution in [3.8, 4) is 0 Å². The molecule has 0 saturated carbocycles. The Morgan fingerprint density at radius 3 is 2.38 bits per heavy atom. The molecule has 0 radical (unpaired) electrons. The zero-order chi connectivity index (χ0) is 25.2. The molecule has 1 N–H and O–H groups in total. The number of tetrazole rings is 1. The van der Waals surface area contributed by atoms with Gasteiger partial charge in [-0.3, -0.25) is 9.69 Å². The number of para-hydroxylation sites is 1. The first-order valence-corrected chi connectivity index (χ1v) is 12.6. The zero-order valence-corrected chi connectivity index (χ0v) is 20.8. The molecule has 0 amide bonds. The van der Waals surface area contributed by atoms with Crippen molar-refractivity contribution in [1.82, 2.24) is 30.1 Å². The van der Waals surface area contributed by atoms with Gasteiger partial charge >= 0.3 is 0 Å². The van der Waals surface area contributed by atoms with Crippen LogP contribution >= 0.6 is 0 Å². The fraction of sp³-hybridized carbons (Fsp3) is 0.241. The first-order chi connectivity index (χ1) is 18.2. The lowest BCUT2D eigenvalue weighted by Crippen LogP contribution is -2.49. The molecule has 0 bridgehead atoms. The third kappa shape index (κ3) is 4.75. The fourth-order valence-electron chi connectivity index (χ4n) is 5.19. The molecule has 8 nitrogen and oxygen atoms in total. The molecule has 0 unspecified atom stereocenters. The molecule has 0 aliphatic carbocycles. The lowest BCUT2D eigenvalue weighted by atomic mass is 10.0. The maximum atomic E-state index is 13.5. The number of aromatic amines is 1. The van der Waals surface area contributed by atoms with Gasteiger partial charge in [0.15, 0.2) is 5.82 Å². The summed E-state index contributed by atoms with van der Waals surface area (Å²) in [7, 11) is 0. The van der Waals surface area contributed by atoms with Crippen LogP contribution in [0.5, 0.6) is 0 Å². The Labute approximate surface area is 215 Å². The van der Waals surface area contributed by atoms with Crippen molar-refractivity contribution in [3.63, 3.8) is 0 Å². The predicted octanol–water partition coefficient (Wildman–Crippen LogP) is 3.78. The van der Waals surface area contributed by atoms with E-state index in [-0.39, 0.29) is 11.6 Å². The van der Waals surface area contributed by atoms with Gasteiger partial charge in [-0.15, -0.1) is 5.10 Å². The van der Waals surface area contributed by atoms with E-state index in [1.54, 1.807) is 0 Å². The van der Waals surface area contributed by atoms with Crippen molar-refractivity contribution in [2.45, 2.75) is 19.5 Å². The maximum absolute atomic E-state index is 13.5. The van der Waals surface area contributed by atoms with Crippen molar-refractivity contribution < 1.29 is 0 Å². The molecule has 8 heteroatoms. The van der Waals surface area contributed by atoms with E-state index < -0.39 is 0 Å². The van der Waals surface area contributed by atoms with Gasteiger partial charge in [0.25, 0.3) is 5.56 Å². The van der Waals surface area contributed by atoms with E-state index in [0.29, 0.717) is 17.9 Å². The molecule has 186 valence electrons. The summed E-state index contributed by atoms with van der Waals surface area (Å²) in [6.45, 7) is 5.83. The van der Waals surface area contributed by atoms with Crippen molar-refractivity contribution in [2.24, 2.45) is 0 Å². The fourth-order valence-corrected chi connectivity index (χ4v) is 5.19. The van der Waals surface area contributed by atoms with E-state index in [1.807, 2.05) is 48.0 Å². The van der Waals surface area contributed by atoms with Gasteiger partial charge in [-0.2, -0.15) is 0 Å². The van der Waals surface area contributed by atoms with Gasteiger partial charge in [0.05, 0.1) is 6.54 Å². The monoisotopic (exact) mass is 491 g/mol. The van der Waals surface area contributed by atoms with E-state index in [9.17, 15) is 4.79 Å². The number of aromatic nitrogens is 5. The van der Waals surface area contributed by atoms with Crippen LogP contribution in [0.2, 0.25) is 0 Å². The topological polar surface area (TPSA) is 82.9 Å². The molecule has 3 heterocycles. The molecule has 2 aromatic heterocycles. The molecule has 1 atom stereocenters. The summed E-state index contributed by atoms with van der Waals surface area (Å²) < 4.78 is 1.82. The van der Waals surface area contributed by atoms with E-state index >= 15 is 0 Å². The van der Waals surface area contributed by atoms with Crippen LogP contribution in [-0.4, -0.2) is 56.3 Å². The second-order valence-corrected chi connectivity index (χ2v) is 9.59. The summed E-state index contributed by atoms with van der Waals surface area (Å²) in [5, 5.41) is 13.8. The molecule has 1 fully saturated rings. The third-order valence-corrected chi connectivity index (χ3v) is 7.10. The Balaban J connectivity index is 1.39. The number of aryl methyl sites for hydroxylation is 1. The first kappa shape index (κ1) is 23.1. The molecular weight excluding hydrogens is 462 g/mol. The van der Waals surface area contributed by atoms with Crippen LogP contribution in [0.3, 0.4) is 0 Å². The number of H-pyrrole nitrogens is 1. The lowest BCUT2D eigenvalue weighted by molar-refractivity contribution is 0.200. The van der Waals surface area contributed by atoms with E-state index in [4.69, 9.17) is 0 Å². The number of hydrogen-bond donors (Lipinski definition) is 1. The number of nitrogens with zero attached hydrogens (tertiary/aromatic N) is 6. The number of fused-ring (bicyclic) bond motifs is 1. The standard InChI is InChI=1S/C29H29N7O/c1-21-12-13-23-19-25(29(37)30-26(23)18-21)27(28-31-32-33-36(28)20-22-8-4-2-5-9-22)35-16-14-34(15-17-35)24-10-6-3-7-11-24/h2-13,18-19,27H,14-17,20H2,1H3,(H,30,37)/t27-/m1/s1. The summed E-state index contributed by atoms with van der Waals surface area (Å²) in [6.07, 6.45) is 0. The Kier molecular flexibility index (Phi) is 6.24. The number of nitrogens with one attached hydrogen (secondary N) is 1. The summed E-state index contributed by atoms with van der Waals surface area (Å²) in [4.78, 5) is 21.3. The number of hydrogen-bond acceptors (Lipinski definition) is 6. The van der Waals surface area contributed by atoms with Gasteiger partial charge in [0.1, 0.15) is 6.04 Å². The SMILES string of the molecule is Cc1ccc2cc([C@H](c3nnnn3Cc3ccccc3)N3CCN(c4ccccc4)CC3)c(=O)[nH]c2c1. The van der Waals surface area contributed by atoms with E-state index in [1.165, 1.54) is 5.69 Å². The smallest absolute Gasteiger partial charge is 0.253 e. The van der Waals surface area contributed by atoms with Gasteiger partial charge in [-0.25, -0.2) is 4.68 Å². The van der Waals surface area contributed by atoms with Gasteiger partial charge in [-0.05, 0) is 58.1 Å². The van der Waals surface area contributed by atoms with Crippen LogP contribution in [0.1, 0.15) is 28.6 Å². The number of rotatable bonds is 6. The zero-order valence-electron chi connectivity index (χ0n) is 20.8. The van der Waals surface area contributed by atoms with E-state index in [0.717, 1.165) is 48.2 Å². The Hall–Kier alpha value is -4.30. The van der Waals surface area contributed by atoms with Crippen LogP contribution in [0.4, 0.5) is 5.69 Å². The van der Waals surface area contributed by atoms with Gasteiger partial charge < -0.3 is 9.88 Å². The molecule has 3 aromatic carbocycles. The van der Waals surface area contributed by atoms with Gasteiger partial charge in [0.2, 0.25) is 0 Å². The summed E-state index contributed by atoms with van der Waals surface area (Å²) in [5.74, 6) is 0.675. The van der Waals surface area contributed by atoms with Crippen molar-refractivity contribution in [1.29, 1.82) is 0 Å². The van der Waals surface area contributed by atoms with Crippen molar-refractivity contribution >= 4 is 16.6 Å². The minimum atomic E-state index is -0.369. The Morgan fingerprint density at radius 1 is 0.892 bits per heavy atom. The molecule has 37 heavy (non-hydrogen) atoms.